The second-order valence-electron chi connectivity index (χ2n) is 4.60. The van der Waals surface area contributed by atoms with Gasteiger partial charge in [0.15, 0.2) is 5.89 Å². The van der Waals surface area contributed by atoms with Crippen molar-refractivity contribution in [1.82, 2.24) is 4.98 Å². The van der Waals surface area contributed by atoms with Crippen LogP contribution < -0.4 is 5.73 Å². The van der Waals surface area contributed by atoms with E-state index in [0.717, 1.165) is 37.3 Å². The summed E-state index contributed by atoms with van der Waals surface area (Å²) in [4.78, 5) is 4.26. The molecular weight excluding hydrogens is 224 g/mol. The van der Waals surface area contributed by atoms with Crippen LogP contribution in [0.1, 0.15) is 29.2 Å². The van der Waals surface area contributed by atoms with Gasteiger partial charge in [0.05, 0.1) is 6.20 Å². The quantitative estimate of drug-likeness (QED) is 0.850. The summed E-state index contributed by atoms with van der Waals surface area (Å²) in [6, 6.07) is 8.62. The summed E-state index contributed by atoms with van der Waals surface area (Å²) < 4.78 is 5.66. The molecule has 0 aliphatic heterocycles. The molecule has 0 saturated carbocycles. The van der Waals surface area contributed by atoms with Crippen LogP contribution in [0.5, 0.6) is 0 Å². The van der Waals surface area contributed by atoms with E-state index in [1.54, 1.807) is 0 Å². The van der Waals surface area contributed by atoms with Gasteiger partial charge in [-0.15, -0.1) is 0 Å². The van der Waals surface area contributed by atoms with Gasteiger partial charge in [-0.1, -0.05) is 29.8 Å². The van der Waals surface area contributed by atoms with Gasteiger partial charge in [0.25, 0.3) is 0 Å². The maximum atomic E-state index is 5.66. The molecule has 0 radical (unpaired) electrons. The van der Waals surface area contributed by atoms with Gasteiger partial charge in [-0.05, 0) is 31.9 Å². The van der Waals surface area contributed by atoms with Crippen molar-refractivity contribution in [2.75, 3.05) is 6.54 Å². The molecule has 0 fully saturated rings. The molecule has 2 N–H and O–H groups in total. The topological polar surface area (TPSA) is 52.0 Å². The highest BCUT2D eigenvalue weighted by Crippen LogP contribution is 2.11. The smallest absolute Gasteiger partial charge is 0.194 e. The number of hydrogen-bond acceptors (Lipinski definition) is 3. The number of rotatable bonds is 6. The van der Waals surface area contributed by atoms with E-state index < -0.39 is 0 Å². The van der Waals surface area contributed by atoms with Gasteiger partial charge in [0.1, 0.15) is 5.76 Å². The minimum Gasteiger partial charge on any atom is -0.446 e. The van der Waals surface area contributed by atoms with Crippen molar-refractivity contribution in [3.63, 3.8) is 0 Å². The molecule has 0 aliphatic carbocycles. The number of benzene rings is 1. The highest BCUT2D eigenvalue weighted by Gasteiger charge is 2.04. The average Bonchev–Trinajstić information content (AvgIpc) is 2.84. The van der Waals surface area contributed by atoms with Crippen LogP contribution in [0.4, 0.5) is 0 Å². The van der Waals surface area contributed by atoms with Crippen LogP contribution in [0.2, 0.25) is 0 Å². The standard InChI is InChI=1S/C15H20N2O/c1-12-4-6-13(7-5-12)8-9-14-11-17-15(18-14)3-2-10-16/h4-7,11H,2-3,8-10,16H2,1H3. The number of oxazole rings is 1. The highest BCUT2D eigenvalue weighted by atomic mass is 16.4. The van der Waals surface area contributed by atoms with Gasteiger partial charge in [0.2, 0.25) is 0 Å². The van der Waals surface area contributed by atoms with Crippen LogP contribution in [0.25, 0.3) is 0 Å². The summed E-state index contributed by atoms with van der Waals surface area (Å²) in [5.41, 5.74) is 8.09. The zero-order valence-electron chi connectivity index (χ0n) is 10.9. The van der Waals surface area contributed by atoms with Crippen molar-refractivity contribution < 1.29 is 4.42 Å². The first-order chi connectivity index (χ1) is 8.78. The van der Waals surface area contributed by atoms with Gasteiger partial charge in [0, 0.05) is 12.8 Å². The third kappa shape index (κ3) is 3.70. The summed E-state index contributed by atoms with van der Waals surface area (Å²) in [6.45, 7) is 2.78. The average molecular weight is 244 g/mol. The Morgan fingerprint density at radius 2 is 1.89 bits per heavy atom. The summed E-state index contributed by atoms with van der Waals surface area (Å²) in [5.74, 6) is 1.77. The fourth-order valence-corrected chi connectivity index (χ4v) is 1.85. The molecule has 0 unspecified atom stereocenters. The van der Waals surface area contributed by atoms with Gasteiger partial charge in [-0.25, -0.2) is 4.98 Å². The van der Waals surface area contributed by atoms with E-state index in [-0.39, 0.29) is 0 Å². The lowest BCUT2D eigenvalue weighted by Gasteiger charge is -2.00. The zero-order valence-corrected chi connectivity index (χ0v) is 10.9. The van der Waals surface area contributed by atoms with E-state index in [1.165, 1.54) is 11.1 Å². The predicted octanol–water partition coefficient (Wildman–Crippen LogP) is 2.66. The Labute approximate surface area is 108 Å². The summed E-state index contributed by atoms with van der Waals surface area (Å²) in [7, 11) is 0. The van der Waals surface area contributed by atoms with Crippen LogP contribution in [-0.2, 0) is 19.3 Å². The molecule has 1 aromatic heterocycles. The van der Waals surface area contributed by atoms with Crippen molar-refractivity contribution >= 4 is 0 Å². The zero-order chi connectivity index (χ0) is 12.8. The Kier molecular flexibility index (Phi) is 4.53. The molecule has 18 heavy (non-hydrogen) atoms. The predicted molar refractivity (Wildman–Crippen MR) is 72.5 cm³/mol. The summed E-state index contributed by atoms with van der Waals surface area (Å²) >= 11 is 0. The van der Waals surface area contributed by atoms with Crippen LogP contribution in [0, 0.1) is 6.92 Å². The maximum absolute atomic E-state index is 5.66. The Morgan fingerprint density at radius 3 is 2.61 bits per heavy atom. The van der Waals surface area contributed by atoms with Crippen molar-refractivity contribution in [1.29, 1.82) is 0 Å². The molecule has 2 aromatic rings. The van der Waals surface area contributed by atoms with E-state index in [4.69, 9.17) is 10.2 Å². The lowest BCUT2D eigenvalue weighted by Crippen LogP contribution is -2.00. The lowest BCUT2D eigenvalue weighted by atomic mass is 10.1. The molecule has 0 bridgehead atoms. The molecule has 1 heterocycles. The largest absolute Gasteiger partial charge is 0.446 e. The Morgan fingerprint density at radius 1 is 1.11 bits per heavy atom. The molecule has 3 nitrogen and oxygen atoms in total. The minimum atomic E-state index is 0.682. The van der Waals surface area contributed by atoms with Crippen LogP contribution in [0.3, 0.4) is 0 Å². The molecule has 0 spiro atoms. The first-order valence-corrected chi connectivity index (χ1v) is 6.47. The van der Waals surface area contributed by atoms with Gasteiger partial charge < -0.3 is 10.2 Å². The monoisotopic (exact) mass is 244 g/mol. The second kappa shape index (κ2) is 6.36. The van der Waals surface area contributed by atoms with E-state index in [9.17, 15) is 0 Å². The molecule has 0 atom stereocenters. The fraction of sp³-hybridized carbons (Fsp3) is 0.400. The van der Waals surface area contributed by atoms with Crippen LogP contribution in [0.15, 0.2) is 34.9 Å². The first kappa shape index (κ1) is 12.8. The van der Waals surface area contributed by atoms with Crippen LogP contribution in [-0.4, -0.2) is 11.5 Å². The summed E-state index contributed by atoms with van der Waals surface area (Å²) in [5, 5.41) is 0. The first-order valence-electron chi connectivity index (χ1n) is 6.47. The van der Waals surface area contributed by atoms with E-state index in [0.29, 0.717) is 6.54 Å². The summed E-state index contributed by atoms with van der Waals surface area (Å²) in [6.07, 6.45) is 5.49. The van der Waals surface area contributed by atoms with E-state index in [1.807, 2.05) is 6.20 Å². The highest BCUT2D eigenvalue weighted by molar-refractivity contribution is 5.21. The molecular formula is C15H20N2O. The third-order valence-corrected chi connectivity index (χ3v) is 2.98. The number of nitrogens with two attached hydrogens (primary N) is 1. The number of aromatic nitrogens is 1. The molecule has 2 rings (SSSR count). The van der Waals surface area contributed by atoms with E-state index in [2.05, 4.69) is 36.2 Å². The van der Waals surface area contributed by atoms with Crippen molar-refractivity contribution in [3.8, 4) is 0 Å². The molecule has 0 aliphatic rings. The molecule has 1 aromatic carbocycles. The van der Waals surface area contributed by atoms with Crippen molar-refractivity contribution in [3.05, 3.63) is 53.2 Å². The van der Waals surface area contributed by atoms with Crippen LogP contribution >= 0.6 is 0 Å². The van der Waals surface area contributed by atoms with Gasteiger partial charge in [-0.2, -0.15) is 0 Å². The van der Waals surface area contributed by atoms with E-state index >= 15 is 0 Å². The normalized spacial score (nSPS) is 10.8. The molecule has 96 valence electrons. The lowest BCUT2D eigenvalue weighted by molar-refractivity contribution is 0.449. The molecule has 3 heteroatoms. The second-order valence-corrected chi connectivity index (χ2v) is 4.60. The number of hydrogen-bond donors (Lipinski definition) is 1. The minimum absolute atomic E-state index is 0.682. The van der Waals surface area contributed by atoms with Crippen molar-refractivity contribution in [2.45, 2.75) is 32.6 Å². The third-order valence-electron chi connectivity index (χ3n) is 2.98. The maximum Gasteiger partial charge on any atom is 0.194 e. The number of aryl methyl sites for hydroxylation is 4. The Bertz CT molecular complexity index is 473. The Hall–Kier alpha value is -1.61. The SMILES string of the molecule is Cc1ccc(CCc2cnc(CCCN)o2)cc1. The van der Waals surface area contributed by atoms with Gasteiger partial charge >= 0.3 is 0 Å². The fourth-order valence-electron chi connectivity index (χ4n) is 1.85. The van der Waals surface area contributed by atoms with Gasteiger partial charge in [-0.3, -0.25) is 0 Å². The Balaban J connectivity index is 1.86. The van der Waals surface area contributed by atoms with Crippen molar-refractivity contribution in [2.24, 2.45) is 5.73 Å². The number of nitrogens with zero attached hydrogens (tertiary/aromatic N) is 1. The molecule has 0 saturated heterocycles. The molecule has 0 amide bonds.